The molecule has 0 aromatic heterocycles. The number of amides is 2. The van der Waals surface area contributed by atoms with Crippen molar-refractivity contribution in [2.45, 2.75) is 71.7 Å². The summed E-state index contributed by atoms with van der Waals surface area (Å²) in [5, 5.41) is 14.4. The van der Waals surface area contributed by atoms with Gasteiger partial charge in [-0.25, -0.2) is 4.79 Å². The molecule has 9 nitrogen and oxygen atoms in total. The molecule has 1 heterocycles. The number of aliphatic carboxylic acids is 1. The van der Waals surface area contributed by atoms with Gasteiger partial charge in [-0.3, -0.25) is 14.4 Å². The number of carbonyl (C=O) groups is 4. The highest BCUT2D eigenvalue weighted by molar-refractivity contribution is 5.91. The lowest BCUT2D eigenvalue weighted by Crippen LogP contribution is -2.41. The Balaban J connectivity index is 1.63. The van der Waals surface area contributed by atoms with Gasteiger partial charge in [0.1, 0.15) is 6.10 Å². The van der Waals surface area contributed by atoms with E-state index in [1.807, 2.05) is 32.0 Å². The topological polar surface area (TPSA) is 134 Å². The highest BCUT2D eigenvalue weighted by Gasteiger charge is 2.43. The second kappa shape index (κ2) is 15.1. The molecule has 3 N–H and O–H groups in total. The van der Waals surface area contributed by atoms with E-state index in [0.717, 1.165) is 12.8 Å². The molecule has 2 rings (SSSR count). The Kier molecular flexibility index (Phi) is 12.3. The third kappa shape index (κ3) is 10.8. The number of rotatable bonds is 16. The van der Waals surface area contributed by atoms with Crippen molar-refractivity contribution < 1.29 is 33.8 Å². The molecule has 0 radical (unpaired) electrons. The first kappa shape index (κ1) is 30.0. The average molecular weight is 517 g/mol. The van der Waals surface area contributed by atoms with Gasteiger partial charge >= 0.3 is 11.9 Å². The van der Waals surface area contributed by atoms with Gasteiger partial charge in [0, 0.05) is 6.54 Å². The fraction of sp³-hybridized carbons (Fsp3) is 0.571. The quantitative estimate of drug-likeness (QED) is 0.174. The van der Waals surface area contributed by atoms with Crippen molar-refractivity contribution in [2.24, 2.45) is 17.8 Å². The minimum absolute atomic E-state index is 0.000996. The van der Waals surface area contributed by atoms with Crippen molar-refractivity contribution in [3.05, 3.63) is 48.0 Å². The molecule has 0 saturated carbocycles. The van der Waals surface area contributed by atoms with E-state index in [4.69, 9.17) is 9.47 Å². The monoisotopic (exact) mass is 516 g/mol. The van der Waals surface area contributed by atoms with E-state index in [1.54, 1.807) is 13.0 Å². The summed E-state index contributed by atoms with van der Waals surface area (Å²) < 4.78 is 11.0. The number of carboxylic acid groups (broad SMARTS) is 1. The number of carboxylic acids is 1. The van der Waals surface area contributed by atoms with E-state index in [9.17, 15) is 24.3 Å². The largest absolute Gasteiger partial charge is 0.479 e. The maximum Gasteiger partial charge on any atom is 0.345 e. The van der Waals surface area contributed by atoms with Crippen molar-refractivity contribution in [3.63, 3.8) is 0 Å². The molecule has 1 aliphatic rings. The summed E-state index contributed by atoms with van der Waals surface area (Å²) in [5.41, 5.74) is 1.19. The van der Waals surface area contributed by atoms with Crippen LogP contribution >= 0.6 is 0 Å². The number of benzene rings is 1. The number of ether oxygens (including phenoxy) is 2. The minimum Gasteiger partial charge on any atom is -0.479 e. The van der Waals surface area contributed by atoms with Crippen LogP contribution in [0.4, 0.5) is 0 Å². The molecule has 204 valence electrons. The number of carbonyl (C=O) groups excluding carboxylic acids is 3. The number of esters is 1. The SMILES string of the molecule is CCC(CNC(=O)CNC(=O)/C=C/CCC(C)C1OC1c1ccccc1)C(=O)OC(CC(C)C)C(=O)O. The zero-order chi connectivity index (χ0) is 27.4. The van der Waals surface area contributed by atoms with E-state index in [1.165, 1.54) is 11.6 Å². The third-order valence-electron chi connectivity index (χ3n) is 6.29. The van der Waals surface area contributed by atoms with E-state index >= 15 is 0 Å². The van der Waals surface area contributed by atoms with E-state index in [0.29, 0.717) is 12.3 Å². The normalized spacial score (nSPS) is 19.2. The highest BCUT2D eigenvalue weighted by Crippen LogP contribution is 2.44. The minimum atomic E-state index is -1.21. The second-order valence-electron chi connectivity index (χ2n) is 9.91. The summed E-state index contributed by atoms with van der Waals surface area (Å²) in [6.07, 6.45) is 4.51. The first-order valence-corrected chi connectivity index (χ1v) is 13.0. The van der Waals surface area contributed by atoms with Gasteiger partial charge in [-0.05, 0) is 49.2 Å². The van der Waals surface area contributed by atoms with Gasteiger partial charge in [0.05, 0.1) is 18.6 Å². The first-order valence-electron chi connectivity index (χ1n) is 13.0. The van der Waals surface area contributed by atoms with Crippen LogP contribution in [0.25, 0.3) is 0 Å². The van der Waals surface area contributed by atoms with Gasteiger partial charge in [-0.1, -0.05) is 64.1 Å². The third-order valence-corrected chi connectivity index (χ3v) is 6.29. The van der Waals surface area contributed by atoms with Crippen LogP contribution in [0.5, 0.6) is 0 Å². The first-order chi connectivity index (χ1) is 17.6. The molecule has 1 aliphatic heterocycles. The Bertz CT molecular complexity index is 932. The molecule has 1 fully saturated rings. The summed E-state index contributed by atoms with van der Waals surface area (Å²) in [4.78, 5) is 47.8. The lowest BCUT2D eigenvalue weighted by molar-refractivity contribution is -0.168. The number of hydrogen-bond donors (Lipinski definition) is 3. The summed E-state index contributed by atoms with van der Waals surface area (Å²) in [7, 11) is 0. The van der Waals surface area contributed by atoms with Gasteiger partial charge in [0.2, 0.25) is 11.8 Å². The van der Waals surface area contributed by atoms with Crippen LogP contribution in [0, 0.1) is 17.8 Å². The summed E-state index contributed by atoms with van der Waals surface area (Å²) in [6.45, 7) is 7.34. The van der Waals surface area contributed by atoms with E-state index < -0.39 is 29.9 Å². The molecular weight excluding hydrogens is 476 g/mol. The Labute approximate surface area is 219 Å². The van der Waals surface area contributed by atoms with Crippen LogP contribution in [0.2, 0.25) is 0 Å². The van der Waals surface area contributed by atoms with Gasteiger partial charge in [-0.15, -0.1) is 0 Å². The molecule has 2 amide bonds. The highest BCUT2D eigenvalue weighted by atomic mass is 16.6. The number of epoxide rings is 1. The smallest absolute Gasteiger partial charge is 0.345 e. The molecule has 5 unspecified atom stereocenters. The fourth-order valence-electron chi connectivity index (χ4n) is 3.97. The maximum atomic E-state index is 12.4. The zero-order valence-electron chi connectivity index (χ0n) is 22.1. The van der Waals surface area contributed by atoms with Crippen molar-refractivity contribution in [2.75, 3.05) is 13.1 Å². The number of nitrogens with one attached hydrogen (secondary N) is 2. The molecule has 1 aromatic carbocycles. The molecule has 9 heteroatoms. The molecule has 0 aliphatic carbocycles. The van der Waals surface area contributed by atoms with Crippen LogP contribution < -0.4 is 10.6 Å². The summed E-state index contributed by atoms with van der Waals surface area (Å²) in [6, 6.07) is 10.1. The zero-order valence-corrected chi connectivity index (χ0v) is 22.1. The lowest BCUT2D eigenvalue weighted by atomic mass is 9.97. The molecule has 1 aromatic rings. The number of allylic oxidation sites excluding steroid dienone is 1. The van der Waals surface area contributed by atoms with Crippen LogP contribution in [0.1, 0.15) is 65.0 Å². The standard InChI is InChI=1S/C28H40N2O7/c1-5-20(28(35)36-22(27(33)34)15-18(2)3)16-29-24(32)17-30-23(31)14-10-9-11-19(4)25-26(37-25)21-12-7-6-8-13-21/h6-8,10,12-14,18-20,22,25-26H,5,9,11,15-17H2,1-4H3,(H,29,32)(H,30,31)(H,33,34)/b14-10+. The fourth-order valence-corrected chi connectivity index (χ4v) is 3.97. The molecular formula is C28H40N2O7. The van der Waals surface area contributed by atoms with Gasteiger partial charge < -0.3 is 25.2 Å². The van der Waals surface area contributed by atoms with Crippen LogP contribution in [-0.2, 0) is 28.7 Å². The lowest BCUT2D eigenvalue weighted by Gasteiger charge is -2.20. The van der Waals surface area contributed by atoms with Crippen LogP contribution in [0.3, 0.4) is 0 Å². The Morgan fingerprint density at radius 2 is 1.81 bits per heavy atom. The van der Waals surface area contributed by atoms with Gasteiger partial charge in [0.15, 0.2) is 6.10 Å². The van der Waals surface area contributed by atoms with Crippen molar-refractivity contribution in [1.82, 2.24) is 10.6 Å². The average Bonchev–Trinajstić information content (AvgIpc) is 3.66. The molecule has 0 spiro atoms. The van der Waals surface area contributed by atoms with Crippen LogP contribution in [0.15, 0.2) is 42.5 Å². The van der Waals surface area contributed by atoms with E-state index in [-0.39, 0.29) is 43.5 Å². The predicted octanol–water partition coefficient (Wildman–Crippen LogP) is 3.40. The van der Waals surface area contributed by atoms with E-state index in [2.05, 4.69) is 29.7 Å². The molecule has 0 bridgehead atoms. The Morgan fingerprint density at radius 3 is 2.43 bits per heavy atom. The number of hydrogen-bond acceptors (Lipinski definition) is 6. The second-order valence-corrected chi connectivity index (χ2v) is 9.91. The predicted molar refractivity (Wildman–Crippen MR) is 138 cm³/mol. The summed E-state index contributed by atoms with van der Waals surface area (Å²) in [5.74, 6) is -2.94. The molecule has 1 saturated heterocycles. The van der Waals surface area contributed by atoms with Crippen LogP contribution in [-0.4, -0.2) is 54.2 Å². The molecule has 5 atom stereocenters. The van der Waals surface area contributed by atoms with Crippen molar-refractivity contribution in [1.29, 1.82) is 0 Å². The van der Waals surface area contributed by atoms with Gasteiger partial charge in [-0.2, -0.15) is 0 Å². The maximum absolute atomic E-state index is 12.4. The Hall–Kier alpha value is -3.20. The summed E-state index contributed by atoms with van der Waals surface area (Å²) >= 11 is 0. The van der Waals surface area contributed by atoms with Crippen molar-refractivity contribution in [3.8, 4) is 0 Å². The van der Waals surface area contributed by atoms with Crippen molar-refractivity contribution >= 4 is 23.8 Å². The Morgan fingerprint density at radius 1 is 1.11 bits per heavy atom. The molecule has 37 heavy (non-hydrogen) atoms. The van der Waals surface area contributed by atoms with Gasteiger partial charge in [0.25, 0.3) is 0 Å².